The van der Waals surface area contributed by atoms with Crippen molar-refractivity contribution < 1.29 is 54.4 Å². The Labute approximate surface area is 120 Å². The van der Waals surface area contributed by atoms with E-state index in [-0.39, 0.29) is 74.1 Å². The van der Waals surface area contributed by atoms with Crippen LogP contribution in [0.1, 0.15) is 5.56 Å². The number of halogens is 4. The maximum Gasteiger partial charge on any atom is 5.00 e. The van der Waals surface area contributed by atoms with E-state index in [1.807, 2.05) is 6.92 Å². The Morgan fingerprint density at radius 2 is 1.31 bits per heavy atom. The molecule has 0 aliphatic rings. The van der Waals surface area contributed by atoms with Crippen molar-refractivity contribution in [3.05, 3.63) is 35.3 Å². The van der Waals surface area contributed by atoms with Crippen LogP contribution in [0.25, 0.3) is 0 Å². The van der Waals surface area contributed by atoms with Gasteiger partial charge in [-0.15, -0.1) is 0 Å². The van der Waals surface area contributed by atoms with Crippen molar-refractivity contribution in [1.29, 1.82) is 0 Å². The van der Waals surface area contributed by atoms with Crippen LogP contribution in [-0.4, -0.2) is 24.4 Å². The fourth-order valence-corrected chi connectivity index (χ4v) is 0.487. The Balaban J connectivity index is -0.0000000427. The first-order valence-electron chi connectivity index (χ1n) is 2.44. The van der Waals surface area contributed by atoms with Gasteiger partial charge < -0.3 is 54.8 Å². The van der Waals surface area contributed by atoms with Gasteiger partial charge >= 0.3 is 24.4 Å². The molecule has 1 aromatic heterocycles. The molecule has 0 aliphatic carbocycles. The molecule has 74 valence electrons. The largest absolute Gasteiger partial charge is 5.00 e. The molecule has 1 heterocycles. The fraction of sp³-hybridized carbons (Fsp3) is 0.167. The standard InChI is InChI=1S/C6H7NO.4ClH.Sb/c1-6-2-4-7(8)5-3-6;;;;;/h2-5H,1H3;4*1H;/q;;;;;+5/p-4. The van der Waals surface area contributed by atoms with Gasteiger partial charge in [0.1, 0.15) is 0 Å². The summed E-state index contributed by atoms with van der Waals surface area (Å²) in [5.41, 5.74) is 1.11. The van der Waals surface area contributed by atoms with Crippen molar-refractivity contribution in [3.8, 4) is 0 Å². The first-order chi connectivity index (χ1) is 3.79. The monoisotopic (exact) mass is 370 g/mol. The van der Waals surface area contributed by atoms with E-state index in [1.165, 1.54) is 12.4 Å². The van der Waals surface area contributed by atoms with E-state index < -0.39 is 0 Å². The second-order valence-electron chi connectivity index (χ2n) is 1.74. The number of aryl methyl sites for hydroxylation is 1. The van der Waals surface area contributed by atoms with Gasteiger partial charge in [-0.3, -0.25) is 0 Å². The van der Waals surface area contributed by atoms with Gasteiger partial charge in [0.25, 0.3) is 0 Å². The van der Waals surface area contributed by atoms with Gasteiger partial charge in [0.05, 0.1) is 0 Å². The van der Waals surface area contributed by atoms with Gasteiger partial charge in [-0.1, -0.05) is 0 Å². The van der Waals surface area contributed by atoms with E-state index in [4.69, 9.17) is 0 Å². The van der Waals surface area contributed by atoms with Crippen molar-refractivity contribution >= 4 is 24.4 Å². The predicted molar refractivity (Wildman–Crippen MR) is 35.9 cm³/mol. The van der Waals surface area contributed by atoms with Gasteiger partial charge in [-0.2, -0.15) is 4.73 Å². The van der Waals surface area contributed by atoms with Crippen molar-refractivity contribution in [1.82, 2.24) is 0 Å². The summed E-state index contributed by atoms with van der Waals surface area (Å²) in [7, 11) is 0. The summed E-state index contributed by atoms with van der Waals surface area (Å²) in [4.78, 5) is 0. The molecular weight excluding hydrogens is 366 g/mol. The molecule has 0 saturated heterocycles. The molecule has 0 amide bonds. The average molecular weight is 373 g/mol. The third-order valence-electron chi connectivity index (χ3n) is 0.969. The van der Waals surface area contributed by atoms with E-state index in [2.05, 4.69) is 0 Å². The van der Waals surface area contributed by atoms with Gasteiger partial charge in [-0.05, 0) is 12.5 Å². The minimum absolute atomic E-state index is 0. The molecule has 1 rings (SSSR count). The summed E-state index contributed by atoms with van der Waals surface area (Å²) in [6, 6.07) is 3.54. The van der Waals surface area contributed by atoms with E-state index >= 15 is 0 Å². The Kier molecular flexibility index (Phi) is 34.6. The van der Waals surface area contributed by atoms with Crippen LogP contribution in [0.5, 0.6) is 0 Å². The van der Waals surface area contributed by atoms with E-state index in [0.717, 1.165) is 10.3 Å². The second-order valence-corrected chi connectivity index (χ2v) is 1.74. The van der Waals surface area contributed by atoms with Crippen molar-refractivity contribution in [3.63, 3.8) is 0 Å². The van der Waals surface area contributed by atoms with Crippen molar-refractivity contribution in [2.45, 2.75) is 6.92 Å². The first kappa shape index (κ1) is 29.2. The number of pyridine rings is 1. The molecule has 1 aromatic rings. The van der Waals surface area contributed by atoms with Crippen LogP contribution in [0.2, 0.25) is 0 Å². The van der Waals surface area contributed by atoms with Crippen molar-refractivity contribution in [2.24, 2.45) is 0 Å². The Hall–Kier alpha value is 0.928. The minimum atomic E-state index is 0. The summed E-state index contributed by atoms with van der Waals surface area (Å²) in [5.74, 6) is 0. The van der Waals surface area contributed by atoms with Crippen molar-refractivity contribution in [2.75, 3.05) is 0 Å². The molecule has 7 heteroatoms. The molecule has 2 nitrogen and oxygen atoms in total. The van der Waals surface area contributed by atoms with Crippen LogP contribution >= 0.6 is 0 Å². The smallest absolute Gasteiger partial charge is 1.00 e. The molecule has 0 N–H and O–H groups in total. The number of rotatable bonds is 0. The topological polar surface area (TPSA) is 26.9 Å². The molecule has 0 atom stereocenters. The zero-order valence-corrected chi connectivity index (χ0v) is 12.2. The summed E-state index contributed by atoms with van der Waals surface area (Å²) in [6.45, 7) is 1.94. The SMILES string of the molecule is Cc1cc[n+]([O-])cc1.[Cl-].[Cl-].[Cl-].[Cl-].[Sb+5]. The Morgan fingerprint density at radius 1 is 1.00 bits per heavy atom. The number of hydrogen-bond acceptors (Lipinski definition) is 1. The third kappa shape index (κ3) is 12.9. The number of aromatic nitrogens is 1. The average Bonchev–Trinajstić information content (AvgIpc) is 1.77. The van der Waals surface area contributed by atoms with Crippen LogP contribution in [0.4, 0.5) is 0 Å². The van der Waals surface area contributed by atoms with Gasteiger partial charge in [0, 0.05) is 12.1 Å². The summed E-state index contributed by atoms with van der Waals surface area (Å²) in [5, 5.41) is 10.3. The molecule has 13 heavy (non-hydrogen) atoms. The molecule has 0 fully saturated rings. The van der Waals surface area contributed by atoms with Crippen LogP contribution in [-0.2, 0) is 0 Å². The van der Waals surface area contributed by atoms with E-state index in [9.17, 15) is 5.21 Å². The summed E-state index contributed by atoms with van der Waals surface area (Å²) in [6.07, 6.45) is 2.96. The Bertz CT molecular complexity index is 163. The third-order valence-corrected chi connectivity index (χ3v) is 0.969. The maximum atomic E-state index is 10.3. The number of nitrogens with zero attached hydrogens (tertiary/aromatic N) is 1. The molecule has 0 unspecified atom stereocenters. The molecule has 0 aromatic carbocycles. The predicted octanol–water partition coefficient (Wildman–Crippen LogP) is -11.7. The van der Waals surface area contributed by atoms with E-state index in [1.54, 1.807) is 12.1 Å². The second kappa shape index (κ2) is 15.4. The molecule has 0 saturated carbocycles. The van der Waals surface area contributed by atoms with Crippen LogP contribution in [0, 0.1) is 12.1 Å². The van der Waals surface area contributed by atoms with Gasteiger partial charge in [-0.25, -0.2) is 0 Å². The van der Waals surface area contributed by atoms with E-state index in [0.29, 0.717) is 0 Å². The molecule has 0 radical (unpaired) electrons. The quantitative estimate of drug-likeness (QED) is 0.252. The van der Waals surface area contributed by atoms with Crippen LogP contribution in [0.15, 0.2) is 24.5 Å². The number of hydrogen-bond donors (Lipinski definition) is 0. The van der Waals surface area contributed by atoms with Crippen LogP contribution in [0.3, 0.4) is 0 Å². The Morgan fingerprint density at radius 3 is 1.54 bits per heavy atom. The molecular formula is C6H7Cl4NOSb+. The zero-order chi connectivity index (χ0) is 5.98. The fourth-order valence-electron chi connectivity index (χ4n) is 0.487. The van der Waals surface area contributed by atoms with Crippen LogP contribution < -0.4 is 54.4 Å². The zero-order valence-electron chi connectivity index (χ0n) is 6.62. The molecule has 0 spiro atoms. The first-order valence-corrected chi connectivity index (χ1v) is 2.44. The van der Waals surface area contributed by atoms with Gasteiger partial charge in [0.2, 0.25) is 0 Å². The normalized spacial score (nSPS) is 5.62. The van der Waals surface area contributed by atoms with Gasteiger partial charge in [0.15, 0.2) is 12.4 Å². The summed E-state index contributed by atoms with van der Waals surface area (Å²) < 4.78 is 0.771. The molecule has 0 aliphatic heterocycles. The maximum absolute atomic E-state index is 10.3. The molecule has 0 bridgehead atoms. The summed E-state index contributed by atoms with van der Waals surface area (Å²) >= 11 is 0. The minimum Gasteiger partial charge on any atom is -1.00 e.